The average Bonchev–Trinajstić information content (AvgIpc) is 2.77. The molecule has 0 aliphatic carbocycles. The van der Waals surface area contributed by atoms with Crippen LogP contribution in [0.5, 0.6) is 5.75 Å². The minimum atomic E-state index is -0.646. The van der Waals surface area contributed by atoms with Gasteiger partial charge in [0.05, 0.1) is 7.11 Å². The molecule has 4 rings (SSSR count). The third-order valence-electron chi connectivity index (χ3n) is 4.69. The fraction of sp³-hybridized carbons (Fsp3) is 0.174. The van der Waals surface area contributed by atoms with E-state index in [4.69, 9.17) is 4.74 Å². The minimum absolute atomic E-state index is 0.273. The summed E-state index contributed by atoms with van der Waals surface area (Å²) in [6.07, 6.45) is 4.28. The quantitative estimate of drug-likeness (QED) is 0.460. The molecule has 2 heterocycles. The van der Waals surface area contributed by atoms with Crippen LogP contribution in [0.1, 0.15) is 13.3 Å². The molecule has 4 aromatic rings. The van der Waals surface area contributed by atoms with Gasteiger partial charge in [-0.05, 0) is 48.4 Å². The Kier molecular flexibility index (Phi) is 5.52. The standard InChI is InChI=1S/C23H20F2N4O/c1-3-8-27-23-18-10-15(17-7-6-16(24)12-19(17)25)11-20(30-2)21(18)28-22(29-23)14-5-4-9-26-13-14/h4-7,9-13H,3,8H2,1-2H3,(H,27,28,29). The Morgan fingerprint density at radius 2 is 1.90 bits per heavy atom. The molecule has 0 atom stereocenters. The first-order valence-corrected chi connectivity index (χ1v) is 9.60. The number of rotatable bonds is 6. The molecule has 2 aromatic carbocycles. The second-order valence-corrected chi connectivity index (χ2v) is 6.76. The van der Waals surface area contributed by atoms with Crippen LogP contribution >= 0.6 is 0 Å². The first-order valence-electron chi connectivity index (χ1n) is 9.60. The van der Waals surface area contributed by atoms with E-state index in [1.54, 1.807) is 24.5 Å². The summed E-state index contributed by atoms with van der Waals surface area (Å²) in [6.45, 7) is 2.76. The van der Waals surface area contributed by atoms with Crippen molar-refractivity contribution >= 4 is 16.7 Å². The molecule has 2 aromatic heterocycles. The predicted molar refractivity (Wildman–Crippen MR) is 113 cm³/mol. The highest BCUT2D eigenvalue weighted by atomic mass is 19.1. The molecule has 0 spiro atoms. The van der Waals surface area contributed by atoms with Gasteiger partial charge < -0.3 is 10.1 Å². The zero-order valence-corrected chi connectivity index (χ0v) is 16.6. The number of aromatic nitrogens is 3. The van der Waals surface area contributed by atoms with Crippen molar-refractivity contribution < 1.29 is 13.5 Å². The Balaban J connectivity index is 1.97. The molecule has 0 saturated carbocycles. The lowest BCUT2D eigenvalue weighted by molar-refractivity contribution is 0.419. The number of methoxy groups -OCH3 is 1. The molecule has 1 N–H and O–H groups in total. The van der Waals surface area contributed by atoms with Gasteiger partial charge >= 0.3 is 0 Å². The molecule has 0 fully saturated rings. The molecule has 0 unspecified atom stereocenters. The summed E-state index contributed by atoms with van der Waals surface area (Å²) >= 11 is 0. The number of nitrogens with zero attached hydrogens (tertiary/aromatic N) is 3. The van der Waals surface area contributed by atoms with Crippen molar-refractivity contribution in [1.29, 1.82) is 0 Å². The SMILES string of the molecule is CCCNc1nc(-c2cccnc2)nc2c(OC)cc(-c3ccc(F)cc3F)cc12. The first-order chi connectivity index (χ1) is 14.6. The van der Waals surface area contributed by atoms with E-state index < -0.39 is 11.6 Å². The van der Waals surface area contributed by atoms with Crippen LogP contribution in [0.4, 0.5) is 14.6 Å². The van der Waals surface area contributed by atoms with Crippen molar-refractivity contribution in [2.75, 3.05) is 19.0 Å². The van der Waals surface area contributed by atoms with Gasteiger partial charge in [0.25, 0.3) is 0 Å². The van der Waals surface area contributed by atoms with E-state index >= 15 is 0 Å². The smallest absolute Gasteiger partial charge is 0.163 e. The molecule has 0 radical (unpaired) electrons. The minimum Gasteiger partial charge on any atom is -0.494 e. The van der Waals surface area contributed by atoms with E-state index in [0.29, 0.717) is 40.4 Å². The summed E-state index contributed by atoms with van der Waals surface area (Å²) in [6, 6.07) is 10.7. The van der Waals surface area contributed by atoms with Crippen LogP contribution in [0.3, 0.4) is 0 Å². The van der Waals surface area contributed by atoms with Crippen molar-refractivity contribution in [1.82, 2.24) is 15.0 Å². The van der Waals surface area contributed by atoms with Gasteiger partial charge in [0.2, 0.25) is 0 Å². The molecule has 5 nitrogen and oxygen atoms in total. The number of nitrogens with one attached hydrogen (secondary N) is 1. The Labute approximate surface area is 172 Å². The van der Waals surface area contributed by atoms with Gasteiger partial charge in [-0.15, -0.1) is 0 Å². The molecule has 30 heavy (non-hydrogen) atoms. The number of anilines is 1. The number of benzene rings is 2. The largest absolute Gasteiger partial charge is 0.494 e. The summed E-state index contributed by atoms with van der Waals surface area (Å²) in [5.41, 5.74) is 2.19. The molecule has 0 bridgehead atoms. The topological polar surface area (TPSA) is 59.9 Å². The van der Waals surface area contributed by atoms with Crippen molar-refractivity contribution in [2.45, 2.75) is 13.3 Å². The van der Waals surface area contributed by atoms with E-state index in [-0.39, 0.29) is 5.56 Å². The molecule has 0 saturated heterocycles. The van der Waals surface area contributed by atoms with Gasteiger partial charge in [-0.25, -0.2) is 18.7 Å². The van der Waals surface area contributed by atoms with Crippen LogP contribution < -0.4 is 10.1 Å². The maximum absolute atomic E-state index is 14.4. The summed E-state index contributed by atoms with van der Waals surface area (Å²) < 4.78 is 33.4. The summed E-state index contributed by atoms with van der Waals surface area (Å²) in [5, 5.41) is 4.01. The fourth-order valence-corrected chi connectivity index (χ4v) is 3.24. The maximum Gasteiger partial charge on any atom is 0.163 e. The number of hydrogen-bond acceptors (Lipinski definition) is 5. The molecule has 0 amide bonds. The van der Waals surface area contributed by atoms with Gasteiger partial charge in [-0.1, -0.05) is 6.92 Å². The van der Waals surface area contributed by atoms with Crippen LogP contribution in [0, 0.1) is 11.6 Å². The highest BCUT2D eigenvalue weighted by Gasteiger charge is 2.17. The third kappa shape index (κ3) is 3.78. The fourth-order valence-electron chi connectivity index (χ4n) is 3.24. The average molecular weight is 406 g/mol. The number of hydrogen-bond donors (Lipinski definition) is 1. The Bertz CT molecular complexity index is 1200. The lowest BCUT2D eigenvalue weighted by Crippen LogP contribution is -2.06. The zero-order valence-electron chi connectivity index (χ0n) is 16.6. The van der Waals surface area contributed by atoms with Crippen LogP contribution in [0.25, 0.3) is 33.4 Å². The van der Waals surface area contributed by atoms with Gasteiger partial charge in [-0.3, -0.25) is 4.98 Å². The van der Waals surface area contributed by atoms with Crippen LogP contribution in [0.15, 0.2) is 54.9 Å². The highest BCUT2D eigenvalue weighted by Crippen LogP contribution is 2.36. The highest BCUT2D eigenvalue weighted by molar-refractivity contribution is 5.97. The van der Waals surface area contributed by atoms with E-state index in [0.717, 1.165) is 18.1 Å². The number of ether oxygens (including phenoxy) is 1. The third-order valence-corrected chi connectivity index (χ3v) is 4.69. The predicted octanol–water partition coefficient (Wildman–Crippen LogP) is 5.47. The van der Waals surface area contributed by atoms with Gasteiger partial charge in [0.15, 0.2) is 5.82 Å². The number of halogens is 2. The molecular formula is C23H20F2N4O. The Hall–Kier alpha value is -3.61. The normalized spacial score (nSPS) is 10.9. The Morgan fingerprint density at radius 1 is 1.03 bits per heavy atom. The van der Waals surface area contributed by atoms with E-state index in [1.165, 1.54) is 19.2 Å². The number of pyridine rings is 1. The van der Waals surface area contributed by atoms with Crippen molar-refractivity contribution in [2.24, 2.45) is 0 Å². The summed E-state index contributed by atoms with van der Waals surface area (Å²) in [4.78, 5) is 13.5. The first kappa shape index (κ1) is 19.7. The van der Waals surface area contributed by atoms with Gasteiger partial charge in [0.1, 0.15) is 28.7 Å². The molecule has 0 aliphatic rings. The maximum atomic E-state index is 14.4. The van der Waals surface area contributed by atoms with Crippen LogP contribution in [-0.4, -0.2) is 28.6 Å². The second-order valence-electron chi connectivity index (χ2n) is 6.76. The van der Waals surface area contributed by atoms with Crippen LogP contribution in [-0.2, 0) is 0 Å². The van der Waals surface area contributed by atoms with Gasteiger partial charge in [0, 0.05) is 41.5 Å². The Morgan fingerprint density at radius 3 is 2.60 bits per heavy atom. The van der Waals surface area contributed by atoms with Crippen LogP contribution in [0.2, 0.25) is 0 Å². The molecule has 152 valence electrons. The lowest BCUT2D eigenvalue weighted by atomic mass is 10.0. The number of fused-ring (bicyclic) bond motifs is 1. The van der Waals surface area contributed by atoms with Crippen molar-refractivity contribution in [3.05, 3.63) is 66.5 Å². The lowest BCUT2D eigenvalue weighted by Gasteiger charge is -2.15. The van der Waals surface area contributed by atoms with E-state index in [9.17, 15) is 8.78 Å². The second kappa shape index (κ2) is 8.41. The molecule has 0 aliphatic heterocycles. The van der Waals surface area contributed by atoms with Crippen molar-refractivity contribution in [3.63, 3.8) is 0 Å². The molecule has 7 heteroatoms. The molecular weight excluding hydrogens is 386 g/mol. The van der Waals surface area contributed by atoms with E-state index in [2.05, 4.69) is 27.2 Å². The summed E-state index contributed by atoms with van der Waals surface area (Å²) in [7, 11) is 1.53. The van der Waals surface area contributed by atoms with Gasteiger partial charge in [-0.2, -0.15) is 0 Å². The van der Waals surface area contributed by atoms with Crippen molar-refractivity contribution in [3.8, 4) is 28.3 Å². The monoisotopic (exact) mass is 406 g/mol. The van der Waals surface area contributed by atoms with E-state index in [1.807, 2.05) is 12.1 Å². The zero-order chi connectivity index (χ0) is 21.1. The summed E-state index contributed by atoms with van der Waals surface area (Å²) in [5.74, 6) is 0.320.